The molecule has 1 aliphatic carbocycles. The second kappa shape index (κ2) is 12.8. The van der Waals surface area contributed by atoms with E-state index in [-0.39, 0.29) is 35.7 Å². The largest absolute Gasteiger partial charge is 0.481 e. The van der Waals surface area contributed by atoms with E-state index in [0.717, 1.165) is 33.4 Å². The number of hydrogen-bond acceptors (Lipinski definition) is 6. The zero-order valence-electron chi connectivity index (χ0n) is 28.4. The number of unbranched alkanes of at least 4 members (excludes halogenated alkanes) is 1. The minimum absolute atomic E-state index is 0.0230. The number of fused-ring (bicyclic) bond motifs is 4. The molecule has 3 aliphatic rings. The van der Waals surface area contributed by atoms with Gasteiger partial charge in [-0.3, -0.25) is 18.9 Å². The lowest BCUT2D eigenvalue weighted by Gasteiger charge is -2.31. The van der Waals surface area contributed by atoms with Crippen molar-refractivity contribution in [2.45, 2.75) is 70.6 Å². The molecule has 1 unspecified atom stereocenters. The Bertz CT molecular complexity index is 2070. The maximum Gasteiger partial charge on any atom is 0.303 e. The van der Waals surface area contributed by atoms with E-state index in [4.69, 9.17) is 0 Å². The summed E-state index contributed by atoms with van der Waals surface area (Å²) in [6.45, 7) is 9.41. The number of carbonyl (C=O) groups is 3. The predicted molar refractivity (Wildman–Crippen MR) is 190 cm³/mol. The summed E-state index contributed by atoms with van der Waals surface area (Å²) in [5.41, 5.74) is 4.68. The fourth-order valence-electron chi connectivity index (χ4n) is 8.09. The molecule has 1 saturated carbocycles. The molecule has 0 amide bonds. The van der Waals surface area contributed by atoms with Crippen molar-refractivity contribution in [2.24, 2.45) is 5.92 Å². The number of nitrogens with zero attached hydrogens (tertiary/aromatic N) is 2. The van der Waals surface area contributed by atoms with Gasteiger partial charge in [0.15, 0.2) is 17.3 Å². The Kier molecular flexibility index (Phi) is 9.00. The van der Waals surface area contributed by atoms with Crippen molar-refractivity contribution in [3.63, 3.8) is 0 Å². The monoisotopic (exact) mass is 683 g/mol. The molecule has 49 heavy (non-hydrogen) atoms. The summed E-state index contributed by atoms with van der Waals surface area (Å²) >= 11 is 0. The summed E-state index contributed by atoms with van der Waals surface area (Å²) in [5, 5.41) is 11.7. The van der Waals surface area contributed by atoms with Crippen molar-refractivity contribution in [1.82, 2.24) is 0 Å². The van der Waals surface area contributed by atoms with Crippen LogP contribution in [0.25, 0.3) is 10.8 Å². The van der Waals surface area contributed by atoms with Gasteiger partial charge in [0.25, 0.3) is 10.1 Å². The molecular formula is C39H43N2O7S+. The number of carboxylic acids is 1. The van der Waals surface area contributed by atoms with E-state index in [9.17, 15) is 32.5 Å². The summed E-state index contributed by atoms with van der Waals surface area (Å²) in [6, 6.07) is 20.2. The summed E-state index contributed by atoms with van der Waals surface area (Å²) < 4.78 is 34.0. The number of rotatable bonds is 12. The number of hydrogen-bond donors (Lipinski definition) is 2. The maximum atomic E-state index is 13.9. The minimum Gasteiger partial charge on any atom is -0.481 e. The molecule has 2 heterocycles. The molecule has 2 N–H and O–H groups in total. The van der Waals surface area contributed by atoms with Crippen LogP contribution in [0.15, 0.2) is 84.1 Å². The van der Waals surface area contributed by atoms with Gasteiger partial charge in [-0.25, -0.2) is 0 Å². The van der Waals surface area contributed by atoms with E-state index >= 15 is 0 Å². The number of aliphatic carboxylic acids is 1. The second-order valence-corrected chi connectivity index (χ2v) is 15.6. The van der Waals surface area contributed by atoms with Crippen LogP contribution in [0.1, 0.15) is 70.9 Å². The molecule has 0 aromatic heterocycles. The molecule has 0 spiro atoms. The lowest BCUT2D eigenvalue weighted by molar-refractivity contribution is -0.438. The Labute approximate surface area is 287 Å². The quantitative estimate of drug-likeness (QED) is 0.0551. The van der Waals surface area contributed by atoms with Gasteiger partial charge >= 0.3 is 5.97 Å². The third-order valence-electron chi connectivity index (χ3n) is 10.5. The predicted octanol–water partition coefficient (Wildman–Crippen LogP) is 6.52. The normalized spacial score (nSPS) is 22.1. The molecule has 1 atom stereocenters. The van der Waals surface area contributed by atoms with Crippen LogP contribution in [0, 0.1) is 5.92 Å². The number of benzene rings is 3. The molecule has 0 bridgehead atoms. The Morgan fingerprint density at radius 2 is 1.65 bits per heavy atom. The van der Waals surface area contributed by atoms with Crippen LogP contribution in [0.5, 0.6) is 0 Å². The topological polar surface area (TPSA) is 132 Å². The number of anilines is 1. The van der Waals surface area contributed by atoms with Gasteiger partial charge in [-0.2, -0.15) is 13.0 Å². The molecule has 1 fully saturated rings. The molecule has 3 aromatic carbocycles. The number of Topliss-reactive ketones (excluding diaryl/α,β-unsaturated/α-hetero) is 2. The van der Waals surface area contributed by atoms with Crippen molar-refractivity contribution < 1.29 is 37.0 Å². The van der Waals surface area contributed by atoms with Crippen LogP contribution in [-0.4, -0.2) is 64.7 Å². The number of allylic oxidation sites excluding steroid dienone is 4. The highest BCUT2D eigenvalue weighted by molar-refractivity contribution is 7.85. The van der Waals surface area contributed by atoms with Crippen molar-refractivity contribution in [1.29, 1.82) is 0 Å². The first kappa shape index (κ1) is 34.5. The van der Waals surface area contributed by atoms with E-state index < -0.39 is 32.8 Å². The van der Waals surface area contributed by atoms with Gasteiger partial charge in [0, 0.05) is 53.9 Å². The molecule has 0 saturated heterocycles. The van der Waals surface area contributed by atoms with E-state index in [0.29, 0.717) is 38.1 Å². The van der Waals surface area contributed by atoms with Crippen molar-refractivity contribution in [3.05, 3.63) is 95.2 Å². The zero-order chi connectivity index (χ0) is 35.3. The summed E-state index contributed by atoms with van der Waals surface area (Å²) in [6.07, 6.45) is 5.02. The highest BCUT2D eigenvalue weighted by Gasteiger charge is 2.51. The van der Waals surface area contributed by atoms with Gasteiger partial charge < -0.3 is 10.0 Å². The van der Waals surface area contributed by atoms with Crippen LogP contribution in [0.4, 0.5) is 11.4 Å². The smallest absolute Gasteiger partial charge is 0.303 e. The van der Waals surface area contributed by atoms with E-state index in [1.165, 1.54) is 5.56 Å². The fraction of sp³-hybridized carbons (Fsp3) is 0.385. The minimum atomic E-state index is -4.12. The van der Waals surface area contributed by atoms with Crippen LogP contribution in [-0.2, 0) is 35.3 Å². The SMILES string of the molecule is CCN1/C(=C\C2C(=O)C(=CC3=[N+](CCCCS(=O)(=O)O)c4ccccc4C3(C)CCCC(=O)O)C2=O)C(C)(C)c2c1ccc1ccccc21. The molecule has 0 radical (unpaired) electrons. The van der Waals surface area contributed by atoms with Gasteiger partial charge in [-0.15, -0.1) is 0 Å². The fourth-order valence-corrected chi connectivity index (χ4v) is 8.66. The van der Waals surface area contributed by atoms with E-state index in [1.54, 1.807) is 6.08 Å². The Balaban J connectivity index is 1.37. The highest BCUT2D eigenvalue weighted by Crippen LogP contribution is 2.51. The lowest BCUT2D eigenvalue weighted by Crippen LogP contribution is -2.43. The Hall–Kier alpha value is -4.41. The molecule has 3 aromatic rings. The third kappa shape index (κ3) is 6.06. The first-order chi connectivity index (χ1) is 23.2. The highest BCUT2D eigenvalue weighted by atomic mass is 32.2. The first-order valence-electron chi connectivity index (χ1n) is 16.9. The summed E-state index contributed by atoms with van der Waals surface area (Å²) in [4.78, 5) is 41.5. The average molecular weight is 684 g/mol. The molecule has 6 rings (SSSR count). The summed E-state index contributed by atoms with van der Waals surface area (Å²) in [7, 11) is -4.12. The Morgan fingerprint density at radius 1 is 0.959 bits per heavy atom. The van der Waals surface area contributed by atoms with Crippen LogP contribution >= 0.6 is 0 Å². The van der Waals surface area contributed by atoms with Gasteiger partial charge in [0.05, 0.1) is 16.7 Å². The van der Waals surface area contributed by atoms with Crippen molar-refractivity contribution >= 4 is 55.5 Å². The van der Waals surface area contributed by atoms with E-state index in [2.05, 4.69) is 49.9 Å². The third-order valence-corrected chi connectivity index (χ3v) is 11.3. The number of ketones is 2. The van der Waals surface area contributed by atoms with Crippen molar-refractivity contribution in [2.75, 3.05) is 23.7 Å². The van der Waals surface area contributed by atoms with Crippen LogP contribution in [0.3, 0.4) is 0 Å². The molecular weight excluding hydrogens is 641 g/mol. The first-order valence-corrected chi connectivity index (χ1v) is 18.5. The van der Waals surface area contributed by atoms with E-state index in [1.807, 2.05) is 54.0 Å². The number of carboxylic acid groups (broad SMARTS) is 1. The number of para-hydroxylation sites is 1. The van der Waals surface area contributed by atoms with Gasteiger partial charge in [-0.05, 0) is 61.6 Å². The Morgan fingerprint density at radius 3 is 2.35 bits per heavy atom. The molecule has 256 valence electrons. The summed E-state index contributed by atoms with van der Waals surface area (Å²) in [5.74, 6) is -2.70. The second-order valence-electron chi connectivity index (χ2n) is 14.0. The van der Waals surface area contributed by atoms with Gasteiger partial charge in [0.2, 0.25) is 5.69 Å². The molecule has 10 heteroatoms. The standard InChI is InChI=1S/C39H42N2O7S/c1-5-40-31-19-18-25-13-6-7-14-26(25)35(31)38(2,3)32(40)23-27-36(44)28(37(27)45)24-33-39(4,20-12-17-34(42)43)29-15-8-9-16-30(29)41(33)21-10-11-22-49(46,47)48/h6-9,13-16,18-19,23-24,27H,5,10-12,17,20-22H2,1-4H3,(H-,42,43,46,47,48)/p+1/b28-24?,32-23-. The number of likely N-dealkylation sites (N-methyl/N-ethyl adjacent to an activating group) is 1. The van der Waals surface area contributed by atoms with Crippen LogP contribution in [0.2, 0.25) is 0 Å². The number of carbonyl (C=O) groups excluding carboxylic acids is 2. The zero-order valence-corrected chi connectivity index (χ0v) is 29.2. The molecule has 9 nitrogen and oxygen atoms in total. The van der Waals surface area contributed by atoms with Gasteiger partial charge in [0.1, 0.15) is 12.5 Å². The van der Waals surface area contributed by atoms with Crippen molar-refractivity contribution in [3.8, 4) is 0 Å². The van der Waals surface area contributed by atoms with Gasteiger partial charge in [-0.1, -0.05) is 62.4 Å². The van der Waals surface area contributed by atoms with Crippen LogP contribution < -0.4 is 4.90 Å². The molecule has 2 aliphatic heterocycles. The lowest BCUT2D eigenvalue weighted by atomic mass is 9.70. The average Bonchev–Trinajstić information content (AvgIpc) is 3.42. The maximum absolute atomic E-state index is 13.9.